The molecule has 0 unspecified atom stereocenters. The van der Waals surface area contributed by atoms with Gasteiger partial charge in [0.15, 0.2) is 0 Å². The van der Waals surface area contributed by atoms with E-state index in [9.17, 15) is 4.79 Å². The molecule has 2 fully saturated rings. The van der Waals surface area contributed by atoms with Crippen LogP contribution >= 0.6 is 11.3 Å². The zero-order valence-electron chi connectivity index (χ0n) is 17.3. The normalized spacial score (nSPS) is 19.4. The molecule has 1 aliphatic carbocycles. The van der Waals surface area contributed by atoms with Crippen LogP contribution in [0.1, 0.15) is 36.3 Å². The molecule has 3 aromatic rings. The van der Waals surface area contributed by atoms with Gasteiger partial charge in [-0.15, -0.1) is 11.3 Å². The fourth-order valence-electron chi connectivity index (χ4n) is 4.99. The summed E-state index contributed by atoms with van der Waals surface area (Å²) in [6.45, 7) is 4.45. The van der Waals surface area contributed by atoms with Gasteiger partial charge in [-0.2, -0.15) is 0 Å². The second-order valence-corrected chi connectivity index (χ2v) is 9.78. The summed E-state index contributed by atoms with van der Waals surface area (Å²) in [6.07, 6.45) is 8.79. The lowest BCUT2D eigenvalue weighted by Gasteiger charge is -2.39. The Morgan fingerprint density at radius 3 is 2.47 bits per heavy atom. The van der Waals surface area contributed by atoms with Crippen LogP contribution in [0.15, 0.2) is 48.8 Å². The minimum Gasteiger partial charge on any atom is -0.340 e. The predicted molar refractivity (Wildman–Crippen MR) is 120 cm³/mol. The smallest absolute Gasteiger partial charge is 0.229 e. The number of nitrogens with zero attached hydrogens (tertiary/aromatic N) is 4. The maximum absolute atomic E-state index is 13.7. The van der Waals surface area contributed by atoms with Gasteiger partial charge in [0.2, 0.25) is 5.91 Å². The number of aromatic nitrogens is 2. The second-order valence-electron chi connectivity index (χ2n) is 8.66. The Kier molecular flexibility index (Phi) is 5.52. The Bertz CT molecular complexity index is 971. The van der Waals surface area contributed by atoms with Gasteiger partial charge in [0, 0.05) is 51.5 Å². The molecule has 1 aromatic carbocycles. The maximum atomic E-state index is 13.7. The number of para-hydroxylation sites is 1. The Hall–Kier alpha value is -2.31. The zero-order chi connectivity index (χ0) is 20.4. The van der Waals surface area contributed by atoms with Gasteiger partial charge in [-0.3, -0.25) is 14.7 Å². The molecule has 1 amide bonds. The van der Waals surface area contributed by atoms with Crippen molar-refractivity contribution in [1.82, 2.24) is 19.8 Å². The number of fused-ring (bicyclic) bond motifs is 1. The van der Waals surface area contributed by atoms with E-state index in [-0.39, 0.29) is 5.41 Å². The molecule has 30 heavy (non-hydrogen) atoms. The van der Waals surface area contributed by atoms with Crippen molar-refractivity contribution in [3.05, 3.63) is 59.4 Å². The van der Waals surface area contributed by atoms with Crippen molar-refractivity contribution in [3.63, 3.8) is 0 Å². The molecule has 3 heterocycles. The molecule has 5 nitrogen and oxygen atoms in total. The molecular formula is C24H28N4OS. The number of carbonyl (C=O) groups is 1. The third-order valence-electron chi connectivity index (χ3n) is 6.66. The summed E-state index contributed by atoms with van der Waals surface area (Å²) in [5.74, 6) is 0.364. The molecule has 156 valence electrons. The van der Waals surface area contributed by atoms with Crippen molar-refractivity contribution in [3.8, 4) is 0 Å². The standard InChI is InChI=1S/C24H28N4OS/c29-23(28-15-13-27(14-16-28)18-19-7-11-25-12-8-19)24(9-3-4-10-24)17-22-26-20-5-1-2-6-21(20)30-22/h1-2,5-8,11-12H,3-4,9-10,13-18H2. The number of benzene rings is 1. The average molecular weight is 421 g/mol. The lowest BCUT2D eigenvalue weighted by molar-refractivity contribution is -0.143. The molecule has 0 bridgehead atoms. The van der Waals surface area contributed by atoms with Crippen LogP contribution in [0.5, 0.6) is 0 Å². The Labute approximate surface area is 181 Å². The van der Waals surface area contributed by atoms with Crippen LogP contribution in [0.2, 0.25) is 0 Å². The Balaban J connectivity index is 1.26. The highest BCUT2D eigenvalue weighted by molar-refractivity contribution is 7.18. The molecule has 0 atom stereocenters. The van der Waals surface area contributed by atoms with E-state index in [1.54, 1.807) is 11.3 Å². The van der Waals surface area contributed by atoms with Crippen LogP contribution in [0, 0.1) is 5.41 Å². The monoisotopic (exact) mass is 420 g/mol. The molecule has 2 aliphatic rings. The average Bonchev–Trinajstić information content (AvgIpc) is 3.42. The number of pyridine rings is 1. The third-order valence-corrected chi connectivity index (χ3v) is 7.69. The highest BCUT2D eigenvalue weighted by Gasteiger charge is 2.44. The Morgan fingerprint density at radius 2 is 1.73 bits per heavy atom. The van der Waals surface area contributed by atoms with Gasteiger partial charge >= 0.3 is 0 Å². The van der Waals surface area contributed by atoms with Gasteiger partial charge in [0.25, 0.3) is 0 Å². The van der Waals surface area contributed by atoms with Crippen molar-refractivity contribution >= 4 is 27.5 Å². The van der Waals surface area contributed by atoms with Crippen molar-refractivity contribution < 1.29 is 4.79 Å². The van der Waals surface area contributed by atoms with Crippen LogP contribution in [-0.4, -0.2) is 51.9 Å². The van der Waals surface area contributed by atoms with Gasteiger partial charge in [0.1, 0.15) is 0 Å². The third kappa shape index (κ3) is 3.98. The summed E-state index contributed by atoms with van der Waals surface area (Å²) in [5.41, 5.74) is 2.09. The van der Waals surface area contributed by atoms with Gasteiger partial charge in [-0.25, -0.2) is 4.98 Å². The molecule has 1 aliphatic heterocycles. The fourth-order valence-corrected chi connectivity index (χ4v) is 6.11. The first kappa shape index (κ1) is 19.6. The summed E-state index contributed by atoms with van der Waals surface area (Å²) >= 11 is 1.75. The largest absolute Gasteiger partial charge is 0.340 e. The van der Waals surface area contributed by atoms with E-state index in [0.717, 1.165) is 75.4 Å². The van der Waals surface area contributed by atoms with E-state index < -0.39 is 0 Å². The lowest BCUT2D eigenvalue weighted by Crippen LogP contribution is -2.53. The highest BCUT2D eigenvalue weighted by atomic mass is 32.1. The summed E-state index contributed by atoms with van der Waals surface area (Å²) < 4.78 is 1.22. The summed E-state index contributed by atoms with van der Waals surface area (Å²) in [5, 5.41) is 1.11. The SMILES string of the molecule is O=C(N1CCN(Cc2ccncc2)CC1)C1(Cc2nc3ccccc3s2)CCCC1. The molecule has 1 saturated heterocycles. The maximum Gasteiger partial charge on any atom is 0.229 e. The van der Waals surface area contributed by atoms with Crippen molar-refractivity contribution in [1.29, 1.82) is 0 Å². The first-order chi connectivity index (χ1) is 14.7. The van der Waals surface area contributed by atoms with Crippen LogP contribution in [0.25, 0.3) is 10.2 Å². The number of carbonyl (C=O) groups excluding carboxylic acids is 1. The zero-order valence-corrected chi connectivity index (χ0v) is 18.1. The molecule has 1 saturated carbocycles. The number of amides is 1. The van der Waals surface area contributed by atoms with Crippen LogP contribution < -0.4 is 0 Å². The molecule has 6 heteroatoms. The first-order valence-corrected chi connectivity index (χ1v) is 11.8. The van der Waals surface area contributed by atoms with E-state index in [1.165, 1.54) is 10.3 Å². The van der Waals surface area contributed by atoms with E-state index >= 15 is 0 Å². The summed E-state index contributed by atoms with van der Waals surface area (Å²) in [6, 6.07) is 12.4. The van der Waals surface area contributed by atoms with E-state index in [0.29, 0.717) is 5.91 Å². The Morgan fingerprint density at radius 1 is 1.00 bits per heavy atom. The first-order valence-electron chi connectivity index (χ1n) is 11.0. The van der Waals surface area contributed by atoms with Crippen LogP contribution in [0.3, 0.4) is 0 Å². The number of rotatable bonds is 5. The van der Waals surface area contributed by atoms with E-state index in [4.69, 9.17) is 4.98 Å². The van der Waals surface area contributed by atoms with Crippen LogP contribution in [-0.2, 0) is 17.8 Å². The molecule has 0 spiro atoms. The topological polar surface area (TPSA) is 49.3 Å². The molecule has 0 radical (unpaired) electrons. The number of hydrogen-bond donors (Lipinski definition) is 0. The quantitative estimate of drug-likeness (QED) is 0.623. The second kappa shape index (κ2) is 8.44. The van der Waals surface area contributed by atoms with Gasteiger partial charge in [-0.1, -0.05) is 25.0 Å². The summed E-state index contributed by atoms with van der Waals surface area (Å²) in [4.78, 5) is 27.2. The number of thiazole rings is 1. The highest BCUT2D eigenvalue weighted by Crippen LogP contribution is 2.43. The predicted octanol–water partition coefficient (Wildman–Crippen LogP) is 4.14. The fraction of sp³-hybridized carbons (Fsp3) is 0.458. The van der Waals surface area contributed by atoms with E-state index in [2.05, 4.69) is 45.1 Å². The van der Waals surface area contributed by atoms with Gasteiger partial charge in [0.05, 0.1) is 20.6 Å². The minimum absolute atomic E-state index is 0.249. The van der Waals surface area contributed by atoms with Gasteiger partial charge < -0.3 is 4.90 Å². The van der Waals surface area contributed by atoms with Crippen molar-refractivity contribution in [2.45, 2.75) is 38.6 Å². The molecule has 5 rings (SSSR count). The molecule has 2 aromatic heterocycles. The van der Waals surface area contributed by atoms with Crippen molar-refractivity contribution in [2.75, 3.05) is 26.2 Å². The van der Waals surface area contributed by atoms with E-state index in [1.807, 2.05) is 18.5 Å². The lowest BCUT2D eigenvalue weighted by atomic mass is 9.81. The minimum atomic E-state index is -0.249. The van der Waals surface area contributed by atoms with Crippen LogP contribution in [0.4, 0.5) is 0 Å². The molecular weight excluding hydrogens is 392 g/mol. The molecule has 0 N–H and O–H groups in total. The number of piperazine rings is 1. The number of hydrogen-bond acceptors (Lipinski definition) is 5. The van der Waals surface area contributed by atoms with Crippen molar-refractivity contribution in [2.24, 2.45) is 5.41 Å². The van der Waals surface area contributed by atoms with Gasteiger partial charge in [-0.05, 0) is 42.7 Å². The summed E-state index contributed by atoms with van der Waals surface area (Å²) in [7, 11) is 0.